The number of aliphatic hydroxyl groups is 1. The summed E-state index contributed by atoms with van der Waals surface area (Å²) in [6.45, 7) is 4.75. The van der Waals surface area contributed by atoms with Gasteiger partial charge in [0.2, 0.25) is 0 Å². The van der Waals surface area contributed by atoms with Crippen molar-refractivity contribution in [3.8, 4) is 0 Å². The third kappa shape index (κ3) is 8.27. The van der Waals surface area contributed by atoms with E-state index < -0.39 is 0 Å². The number of rotatable bonds is 7. The fourth-order valence-electron chi connectivity index (χ4n) is 3.04. The third-order valence-electron chi connectivity index (χ3n) is 4.50. The van der Waals surface area contributed by atoms with Crippen molar-refractivity contribution in [1.82, 2.24) is 10.6 Å². The SMILES string of the molecule is CCNC(=NCCCN(C)c1ccccc1)NC1CCC(O)CC1.I. The van der Waals surface area contributed by atoms with E-state index in [0.717, 1.165) is 57.7 Å². The molecule has 0 radical (unpaired) electrons. The highest BCUT2D eigenvalue weighted by Gasteiger charge is 2.19. The number of nitrogens with one attached hydrogen (secondary N) is 2. The summed E-state index contributed by atoms with van der Waals surface area (Å²) in [6, 6.07) is 10.9. The van der Waals surface area contributed by atoms with Crippen molar-refractivity contribution >= 4 is 35.6 Å². The number of aliphatic hydroxyl groups excluding tert-OH is 1. The molecule has 0 spiro atoms. The Morgan fingerprint density at radius 2 is 1.88 bits per heavy atom. The zero-order valence-electron chi connectivity index (χ0n) is 15.4. The molecule has 6 heteroatoms. The minimum absolute atomic E-state index is 0. The fraction of sp³-hybridized carbons (Fsp3) is 0.632. The molecule has 1 saturated carbocycles. The lowest BCUT2D eigenvalue weighted by Gasteiger charge is -2.27. The lowest BCUT2D eigenvalue weighted by atomic mass is 9.93. The van der Waals surface area contributed by atoms with E-state index in [1.165, 1.54) is 5.69 Å². The van der Waals surface area contributed by atoms with Crippen LogP contribution in [0, 0.1) is 0 Å². The van der Waals surface area contributed by atoms with Crippen LogP contribution in [0.1, 0.15) is 39.0 Å². The Kier molecular flexibility index (Phi) is 10.9. The lowest BCUT2D eigenvalue weighted by Crippen LogP contribution is -2.45. The molecule has 1 aliphatic carbocycles. The van der Waals surface area contributed by atoms with Crippen LogP contribution in [0.2, 0.25) is 0 Å². The number of hydrogen-bond acceptors (Lipinski definition) is 3. The van der Waals surface area contributed by atoms with Crippen LogP contribution in [0.5, 0.6) is 0 Å². The standard InChI is InChI=1S/C19H32N4O.HI/c1-3-20-19(22-16-10-12-18(24)13-11-16)21-14-7-15-23(2)17-8-5-4-6-9-17;/h4-6,8-9,16,18,24H,3,7,10-15H2,1-2H3,(H2,20,21,22);1H. The monoisotopic (exact) mass is 460 g/mol. The van der Waals surface area contributed by atoms with Gasteiger partial charge in [0.25, 0.3) is 0 Å². The highest BCUT2D eigenvalue weighted by molar-refractivity contribution is 14.0. The quantitative estimate of drug-likeness (QED) is 0.254. The molecule has 0 saturated heterocycles. The normalized spacial score (nSPS) is 20.5. The lowest BCUT2D eigenvalue weighted by molar-refractivity contribution is 0.120. The highest BCUT2D eigenvalue weighted by atomic mass is 127. The zero-order chi connectivity index (χ0) is 17.2. The van der Waals surface area contributed by atoms with Crippen molar-refractivity contribution in [2.45, 2.75) is 51.2 Å². The van der Waals surface area contributed by atoms with E-state index in [0.29, 0.717) is 6.04 Å². The Labute approximate surface area is 169 Å². The van der Waals surface area contributed by atoms with Crippen LogP contribution < -0.4 is 15.5 Å². The molecule has 0 aliphatic heterocycles. The van der Waals surface area contributed by atoms with Crippen LogP contribution in [0.3, 0.4) is 0 Å². The van der Waals surface area contributed by atoms with Crippen LogP contribution in [0.25, 0.3) is 0 Å². The number of nitrogens with zero attached hydrogens (tertiary/aromatic N) is 2. The van der Waals surface area contributed by atoms with Gasteiger partial charge >= 0.3 is 0 Å². The minimum Gasteiger partial charge on any atom is -0.393 e. The molecule has 142 valence electrons. The predicted octanol–water partition coefficient (Wildman–Crippen LogP) is 2.99. The van der Waals surface area contributed by atoms with E-state index >= 15 is 0 Å². The summed E-state index contributed by atoms with van der Waals surface area (Å²) in [6.07, 6.45) is 4.71. The molecule has 1 aliphatic rings. The predicted molar refractivity (Wildman–Crippen MR) is 117 cm³/mol. The number of para-hydroxylation sites is 1. The molecule has 0 atom stereocenters. The van der Waals surface area contributed by atoms with E-state index in [2.05, 4.69) is 53.8 Å². The number of hydrogen-bond donors (Lipinski definition) is 3. The molecule has 5 nitrogen and oxygen atoms in total. The molecule has 0 heterocycles. The molecule has 0 aromatic heterocycles. The van der Waals surface area contributed by atoms with E-state index in [1.807, 2.05) is 6.07 Å². The Morgan fingerprint density at radius 3 is 2.52 bits per heavy atom. The second-order valence-corrected chi connectivity index (χ2v) is 6.52. The van der Waals surface area contributed by atoms with Crippen LogP contribution in [-0.2, 0) is 0 Å². The molecule has 3 N–H and O–H groups in total. The maximum atomic E-state index is 9.61. The van der Waals surface area contributed by atoms with Crippen LogP contribution in [-0.4, -0.2) is 49.9 Å². The minimum atomic E-state index is -0.115. The van der Waals surface area contributed by atoms with Crippen molar-refractivity contribution in [1.29, 1.82) is 0 Å². The molecule has 0 amide bonds. The molecule has 1 aromatic carbocycles. The fourth-order valence-corrected chi connectivity index (χ4v) is 3.04. The summed E-state index contributed by atoms with van der Waals surface area (Å²) in [5.41, 5.74) is 1.24. The van der Waals surface area contributed by atoms with Crippen LogP contribution in [0.15, 0.2) is 35.3 Å². The Hall–Kier alpha value is -1.02. The first-order chi connectivity index (χ1) is 11.7. The third-order valence-corrected chi connectivity index (χ3v) is 4.50. The molecule has 0 unspecified atom stereocenters. The average Bonchev–Trinajstić information content (AvgIpc) is 2.61. The first-order valence-corrected chi connectivity index (χ1v) is 9.18. The number of benzene rings is 1. The van der Waals surface area contributed by atoms with Gasteiger partial charge < -0.3 is 20.6 Å². The molecule has 1 fully saturated rings. The maximum Gasteiger partial charge on any atom is 0.191 e. The summed E-state index contributed by atoms with van der Waals surface area (Å²) in [5, 5.41) is 16.4. The summed E-state index contributed by atoms with van der Waals surface area (Å²) >= 11 is 0. The number of anilines is 1. The first kappa shape index (κ1) is 22.0. The smallest absolute Gasteiger partial charge is 0.191 e. The summed E-state index contributed by atoms with van der Waals surface area (Å²) in [5.74, 6) is 0.904. The van der Waals surface area contributed by atoms with Gasteiger partial charge in [0.05, 0.1) is 6.10 Å². The van der Waals surface area contributed by atoms with Gasteiger partial charge in [0.15, 0.2) is 5.96 Å². The Morgan fingerprint density at radius 1 is 1.20 bits per heavy atom. The van der Waals surface area contributed by atoms with E-state index in [1.54, 1.807) is 0 Å². The van der Waals surface area contributed by atoms with Crippen LogP contribution >= 0.6 is 24.0 Å². The molecule has 0 bridgehead atoms. The Bertz CT molecular complexity index is 489. The second-order valence-electron chi connectivity index (χ2n) is 6.52. The maximum absolute atomic E-state index is 9.61. The average molecular weight is 460 g/mol. The molecular formula is C19H33IN4O. The summed E-state index contributed by atoms with van der Waals surface area (Å²) < 4.78 is 0. The molecule has 25 heavy (non-hydrogen) atoms. The van der Waals surface area contributed by atoms with Crippen molar-refractivity contribution < 1.29 is 5.11 Å². The van der Waals surface area contributed by atoms with Crippen molar-refractivity contribution in [3.05, 3.63) is 30.3 Å². The van der Waals surface area contributed by atoms with Gasteiger partial charge in [0.1, 0.15) is 0 Å². The van der Waals surface area contributed by atoms with E-state index in [9.17, 15) is 5.11 Å². The van der Waals surface area contributed by atoms with Gasteiger partial charge in [-0.15, -0.1) is 24.0 Å². The highest BCUT2D eigenvalue weighted by Crippen LogP contribution is 2.18. The number of aliphatic imine (C=N–C) groups is 1. The topological polar surface area (TPSA) is 59.9 Å². The van der Waals surface area contributed by atoms with E-state index in [-0.39, 0.29) is 30.1 Å². The first-order valence-electron chi connectivity index (χ1n) is 9.18. The van der Waals surface area contributed by atoms with Gasteiger partial charge in [-0.05, 0) is 51.2 Å². The summed E-state index contributed by atoms with van der Waals surface area (Å²) in [4.78, 5) is 6.96. The van der Waals surface area contributed by atoms with Crippen LogP contribution in [0.4, 0.5) is 5.69 Å². The summed E-state index contributed by atoms with van der Waals surface area (Å²) in [7, 11) is 2.12. The van der Waals surface area contributed by atoms with Gasteiger partial charge in [-0.1, -0.05) is 18.2 Å². The zero-order valence-corrected chi connectivity index (χ0v) is 17.8. The molecular weight excluding hydrogens is 427 g/mol. The Balaban J connectivity index is 0.00000312. The van der Waals surface area contributed by atoms with Crippen molar-refractivity contribution in [3.63, 3.8) is 0 Å². The van der Waals surface area contributed by atoms with E-state index in [4.69, 9.17) is 4.99 Å². The van der Waals surface area contributed by atoms with Gasteiger partial charge in [-0.25, -0.2) is 0 Å². The largest absolute Gasteiger partial charge is 0.393 e. The van der Waals surface area contributed by atoms with Gasteiger partial charge in [-0.2, -0.15) is 0 Å². The molecule has 2 rings (SSSR count). The van der Waals surface area contributed by atoms with Crippen molar-refractivity contribution in [2.75, 3.05) is 31.6 Å². The number of guanidine groups is 1. The number of halogens is 1. The van der Waals surface area contributed by atoms with Gasteiger partial charge in [0, 0.05) is 38.4 Å². The molecule has 1 aromatic rings. The van der Waals surface area contributed by atoms with Crippen molar-refractivity contribution in [2.24, 2.45) is 4.99 Å². The second kappa shape index (κ2) is 12.4. The van der Waals surface area contributed by atoms with Gasteiger partial charge in [-0.3, -0.25) is 4.99 Å².